The molecule has 3 fully saturated rings. The van der Waals surface area contributed by atoms with Gasteiger partial charge >= 0.3 is 0 Å². The van der Waals surface area contributed by atoms with Crippen molar-refractivity contribution in [2.45, 2.75) is 111 Å². The molecular formula is C28H47FO2Si. The summed E-state index contributed by atoms with van der Waals surface area (Å²) in [5.41, 5.74) is 2.79. The summed E-state index contributed by atoms with van der Waals surface area (Å²) in [5.74, 6) is 2.12. The lowest BCUT2D eigenvalue weighted by Gasteiger charge is -2.58. The van der Waals surface area contributed by atoms with Crippen LogP contribution in [0.3, 0.4) is 0 Å². The molecule has 0 bridgehead atoms. The first-order valence-corrected chi connectivity index (χ1v) is 16.0. The van der Waals surface area contributed by atoms with E-state index in [1.54, 1.807) is 5.57 Å². The molecule has 2 nitrogen and oxygen atoms in total. The lowest BCUT2D eigenvalue weighted by Crippen LogP contribution is -2.52. The number of fused-ring (bicyclic) bond motifs is 5. The maximum absolute atomic E-state index is 14.7. The van der Waals surface area contributed by atoms with Gasteiger partial charge in [0, 0.05) is 6.10 Å². The van der Waals surface area contributed by atoms with Crippen LogP contribution in [0.15, 0.2) is 23.0 Å². The Hall–Kier alpha value is -0.453. The molecule has 0 saturated heterocycles. The van der Waals surface area contributed by atoms with E-state index in [1.807, 2.05) is 0 Å². The zero-order valence-electron chi connectivity index (χ0n) is 21.9. The van der Waals surface area contributed by atoms with Gasteiger partial charge in [0.1, 0.15) is 5.83 Å². The van der Waals surface area contributed by atoms with Crippen LogP contribution < -0.4 is 0 Å². The van der Waals surface area contributed by atoms with Crippen molar-refractivity contribution in [3.05, 3.63) is 23.0 Å². The van der Waals surface area contributed by atoms with E-state index < -0.39 is 14.9 Å². The Morgan fingerprint density at radius 1 is 1.16 bits per heavy atom. The number of hydrogen-bond donors (Lipinski definition) is 1. The smallest absolute Gasteiger partial charge is 0.192 e. The van der Waals surface area contributed by atoms with Crippen LogP contribution in [-0.2, 0) is 4.43 Å². The van der Waals surface area contributed by atoms with Crippen LogP contribution in [0.25, 0.3) is 0 Å². The third-order valence-electron chi connectivity index (χ3n) is 10.9. The van der Waals surface area contributed by atoms with E-state index in [0.29, 0.717) is 29.8 Å². The van der Waals surface area contributed by atoms with E-state index in [1.165, 1.54) is 19.3 Å². The minimum atomic E-state index is -1.75. The Labute approximate surface area is 197 Å². The third-order valence-corrected chi connectivity index (χ3v) is 15.4. The minimum absolute atomic E-state index is 0.0717. The highest BCUT2D eigenvalue weighted by molar-refractivity contribution is 6.74. The maximum Gasteiger partial charge on any atom is 0.192 e. The van der Waals surface area contributed by atoms with Crippen LogP contribution >= 0.6 is 0 Å². The summed E-state index contributed by atoms with van der Waals surface area (Å²) in [6.07, 6.45) is 10.7. The normalized spacial score (nSPS) is 43.8. The predicted octanol–water partition coefficient (Wildman–Crippen LogP) is 7.80. The molecule has 3 saturated carbocycles. The molecule has 0 spiro atoms. The second-order valence-corrected chi connectivity index (χ2v) is 18.4. The molecule has 0 aromatic rings. The second-order valence-electron chi connectivity index (χ2n) is 13.6. The Morgan fingerprint density at radius 2 is 1.81 bits per heavy atom. The highest BCUT2D eigenvalue weighted by atomic mass is 28.4. The molecule has 0 radical (unpaired) electrons. The molecule has 0 amide bonds. The molecule has 0 aromatic carbocycles. The van der Waals surface area contributed by atoms with Gasteiger partial charge in [0.15, 0.2) is 8.32 Å². The van der Waals surface area contributed by atoms with E-state index >= 15 is 0 Å². The van der Waals surface area contributed by atoms with E-state index in [4.69, 9.17) is 4.43 Å². The number of rotatable bonds is 3. The zero-order valence-corrected chi connectivity index (χ0v) is 22.9. The van der Waals surface area contributed by atoms with E-state index in [9.17, 15) is 9.50 Å². The Kier molecular flexibility index (Phi) is 6.21. The van der Waals surface area contributed by atoms with Crippen LogP contribution in [0, 0.1) is 34.5 Å². The van der Waals surface area contributed by atoms with E-state index in [-0.39, 0.29) is 21.7 Å². The number of aliphatic hydroxyl groups excluding tert-OH is 1. The minimum Gasteiger partial charge on any atom is -0.414 e. The molecule has 4 aliphatic rings. The van der Waals surface area contributed by atoms with Gasteiger partial charge in [0.25, 0.3) is 0 Å². The van der Waals surface area contributed by atoms with E-state index in [2.05, 4.69) is 60.7 Å². The molecular weight excluding hydrogens is 415 g/mol. The van der Waals surface area contributed by atoms with Crippen LogP contribution in [0.4, 0.5) is 4.39 Å². The van der Waals surface area contributed by atoms with Crippen LogP contribution in [0.1, 0.15) is 86.5 Å². The first kappa shape index (κ1) is 24.7. The van der Waals surface area contributed by atoms with Crippen LogP contribution in [0.2, 0.25) is 18.1 Å². The highest BCUT2D eigenvalue weighted by Crippen LogP contribution is 2.68. The standard InChI is InChI=1S/C28H47FO2Si/c1-18-15-23(24(29)17-30)28(6)14-12-22-21(25(18)28)10-9-19-16-20(11-13-27(19,22)5)31-32(7,8)26(2,3)4/h9,18,20-22,25,30H,10-17H2,1-8H3/t18-,20-,21+,22-,25-,27-,28+/m0/s1. The number of allylic oxidation sites excluding steroid dienone is 2. The van der Waals surface area contributed by atoms with Crippen molar-refractivity contribution in [1.29, 1.82) is 0 Å². The molecule has 0 heterocycles. The third kappa shape index (κ3) is 3.71. The van der Waals surface area contributed by atoms with Crippen molar-refractivity contribution in [2.24, 2.45) is 34.5 Å². The summed E-state index contributed by atoms with van der Waals surface area (Å²) in [6, 6.07) is 0. The molecule has 32 heavy (non-hydrogen) atoms. The van der Waals surface area contributed by atoms with Crippen LogP contribution in [0.5, 0.6) is 0 Å². The second kappa shape index (κ2) is 8.05. The quantitative estimate of drug-likeness (QED) is 0.342. The van der Waals surface area contributed by atoms with Crippen molar-refractivity contribution < 1.29 is 13.9 Å². The first-order chi connectivity index (χ1) is 14.7. The number of halogens is 1. The van der Waals surface area contributed by atoms with Gasteiger partial charge in [-0.15, -0.1) is 0 Å². The summed E-state index contributed by atoms with van der Waals surface area (Å²) in [4.78, 5) is 0. The summed E-state index contributed by atoms with van der Waals surface area (Å²) < 4.78 is 21.5. The van der Waals surface area contributed by atoms with Gasteiger partial charge in [-0.05, 0) is 103 Å². The monoisotopic (exact) mass is 462 g/mol. The zero-order chi connectivity index (χ0) is 23.7. The molecule has 4 aliphatic carbocycles. The summed E-state index contributed by atoms with van der Waals surface area (Å²) in [5, 5.41) is 9.77. The van der Waals surface area contributed by atoms with Crippen molar-refractivity contribution in [3.8, 4) is 0 Å². The molecule has 4 heteroatoms. The molecule has 7 atom stereocenters. The molecule has 0 unspecified atom stereocenters. The summed E-state index contributed by atoms with van der Waals surface area (Å²) >= 11 is 0. The van der Waals surface area contributed by atoms with Crippen LogP contribution in [-0.4, -0.2) is 26.1 Å². The Balaban J connectivity index is 1.58. The lowest BCUT2D eigenvalue weighted by molar-refractivity contribution is -0.0383. The molecule has 182 valence electrons. The Bertz CT molecular complexity index is 809. The van der Waals surface area contributed by atoms with Crippen molar-refractivity contribution >= 4 is 8.32 Å². The number of hydrogen-bond acceptors (Lipinski definition) is 2. The van der Waals surface area contributed by atoms with Gasteiger partial charge < -0.3 is 9.53 Å². The van der Waals surface area contributed by atoms with Gasteiger partial charge in [0.05, 0.1) is 6.61 Å². The molecule has 0 aliphatic heterocycles. The van der Waals surface area contributed by atoms with Crippen molar-refractivity contribution in [2.75, 3.05) is 6.61 Å². The number of aliphatic hydroxyl groups is 1. The average Bonchev–Trinajstić information content (AvgIpc) is 2.97. The lowest BCUT2D eigenvalue weighted by atomic mass is 9.47. The predicted molar refractivity (Wildman–Crippen MR) is 134 cm³/mol. The highest BCUT2D eigenvalue weighted by Gasteiger charge is 2.60. The summed E-state index contributed by atoms with van der Waals surface area (Å²) in [6.45, 7) is 18.5. The van der Waals surface area contributed by atoms with Gasteiger partial charge in [-0.3, -0.25) is 0 Å². The fraction of sp³-hybridized carbons (Fsp3) is 0.857. The SMILES string of the molecule is C[C@H]1CC(=C(F)CO)[C@@]2(C)CC[C@H]3[C@@H](CC=C4C[C@@H](O[Si](C)(C)C(C)(C)C)CC[C@@]43C)[C@H]12. The van der Waals surface area contributed by atoms with Gasteiger partial charge in [-0.1, -0.05) is 53.2 Å². The first-order valence-electron chi connectivity index (χ1n) is 13.1. The van der Waals surface area contributed by atoms with Crippen molar-refractivity contribution in [1.82, 2.24) is 0 Å². The fourth-order valence-electron chi connectivity index (χ4n) is 8.18. The van der Waals surface area contributed by atoms with Gasteiger partial charge in [-0.2, -0.15) is 0 Å². The topological polar surface area (TPSA) is 29.5 Å². The maximum atomic E-state index is 14.7. The van der Waals surface area contributed by atoms with Gasteiger partial charge in [-0.25, -0.2) is 4.39 Å². The van der Waals surface area contributed by atoms with E-state index in [0.717, 1.165) is 31.3 Å². The molecule has 4 rings (SSSR count). The fourth-order valence-corrected chi connectivity index (χ4v) is 9.56. The molecule has 0 aromatic heterocycles. The van der Waals surface area contributed by atoms with Crippen molar-refractivity contribution in [3.63, 3.8) is 0 Å². The molecule has 1 N–H and O–H groups in total. The largest absolute Gasteiger partial charge is 0.414 e. The summed E-state index contributed by atoms with van der Waals surface area (Å²) in [7, 11) is -1.75. The van der Waals surface area contributed by atoms with Gasteiger partial charge in [0.2, 0.25) is 0 Å². The Morgan fingerprint density at radius 3 is 2.44 bits per heavy atom. The average molecular weight is 463 g/mol.